The van der Waals surface area contributed by atoms with E-state index in [2.05, 4.69) is 10.2 Å². The van der Waals surface area contributed by atoms with Gasteiger partial charge in [-0.3, -0.25) is 9.69 Å². The molecule has 1 unspecified atom stereocenters. The largest absolute Gasteiger partial charge is 0.450 e. The Morgan fingerprint density at radius 2 is 1.45 bits per heavy atom. The molecule has 1 aliphatic heterocycles. The Morgan fingerprint density at radius 3 is 1.93 bits per heavy atom. The molecule has 1 heterocycles. The maximum atomic E-state index is 13.1. The third kappa shape index (κ3) is 5.35. The molecule has 1 atom stereocenters. The standard InChI is InChI=1S/C23H29N3O3/c1-3-29-23(28)26-16-14-25(15-17-26)18(2)22(27)24-21(19-10-6-4-7-11-19)20-12-8-5-9-13-20/h4-13,18,21H,3,14-17H2,1-2H3,(H,24,27). The van der Waals surface area contributed by atoms with Gasteiger partial charge >= 0.3 is 6.09 Å². The van der Waals surface area contributed by atoms with Crippen molar-refractivity contribution in [2.45, 2.75) is 25.9 Å². The fourth-order valence-corrected chi connectivity index (χ4v) is 3.59. The molecular formula is C23H29N3O3. The number of rotatable bonds is 6. The van der Waals surface area contributed by atoms with Crippen molar-refractivity contribution in [2.75, 3.05) is 32.8 Å². The van der Waals surface area contributed by atoms with Gasteiger partial charge in [-0.2, -0.15) is 0 Å². The number of nitrogens with one attached hydrogen (secondary N) is 1. The minimum Gasteiger partial charge on any atom is -0.450 e. The highest BCUT2D eigenvalue weighted by molar-refractivity contribution is 5.82. The molecule has 29 heavy (non-hydrogen) atoms. The molecule has 6 nitrogen and oxygen atoms in total. The number of benzene rings is 2. The van der Waals surface area contributed by atoms with E-state index in [0.29, 0.717) is 32.8 Å². The number of carbonyl (C=O) groups excluding carboxylic acids is 2. The minimum absolute atomic E-state index is 0.0210. The second kappa shape index (κ2) is 10.1. The molecule has 2 aromatic rings. The lowest BCUT2D eigenvalue weighted by Crippen LogP contribution is -2.55. The first-order chi connectivity index (χ1) is 14.1. The Kier molecular flexibility index (Phi) is 7.25. The average Bonchev–Trinajstić information content (AvgIpc) is 2.78. The Labute approximate surface area is 172 Å². The number of hydrogen-bond acceptors (Lipinski definition) is 4. The Hall–Kier alpha value is -2.86. The van der Waals surface area contributed by atoms with Crippen molar-refractivity contribution in [1.82, 2.24) is 15.1 Å². The molecule has 2 amide bonds. The van der Waals surface area contributed by atoms with Crippen LogP contribution < -0.4 is 5.32 Å². The molecule has 6 heteroatoms. The van der Waals surface area contributed by atoms with E-state index < -0.39 is 0 Å². The molecule has 0 aromatic heterocycles. The molecule has 0 bridgehead atoms. The minimum atomic E-state index is -0.283. The second-order valence-corrected chi connectivity index (χ2v) is 7.16. The molecular weight excluding hydrogens is 366 g/mol. The fraction of sp³-hybridized carbons (Fsp3) is 0.391. The van der Waals surface area contributed by atoms with Crippen molar-refractivity contribution >= 4 is 12.0 Å². The van der Waals surface area contributed by atoms with Crippen LogP contribution in [-0.2, 0) is 9.53 Å². The summed E-state index contributed by atoms with van der Waals surface area (Å²) in [4.78, 5) is 28.7. The molecule has 0 saturated carbocycles. The number of carbonyl (C=O) groups is 2. The summed E-state index contributed by atoms with van der Waals surface area (Å²) in [6.07, 6.45) is -0.280. The van der Waals surface area contributed by atoms with Gasteiger partial charge < -0.3 is 15.0 Å². The summed E-state index contributed by atoms with van der Waals surface area (Å²) in [5.41, 5.74) is 2.10. The first kappa shape index (κ1) is 20.9. The van der Waals surface area contributed by atoms with E-state index in [1.807, 2.05) is 67.6 Å². The Balaban J connectivity index is 1.65. The molecule has 3 rings (SSSR count). The monoisotopic (exact) mass is 395 g/mol. The quantitative estimate of drug-likeness (QED) is 0.817. The van der Waals surface area contributed by atoms with E-state index in [0.717, 1.165) is 11.1 Å². The zero-order valence-electron chi connectivity index (χ0n) is 17.1. The van der Waals surface area contributed by atoms with Crippen molar-refractivity contribution in [3.63, 3.8) is 0 Å². The summed E-state index contributed by atoms with van der Waals surface area (Å²) < 4.78 is 5.06. The van der Waals surface area contributed by atoms with Crippen molar-refractivity contribution < 1.29 is 14.3 Å². The van der Waals surface area contributed by atoms with Gasteiger partial charge in [0.2, 0.25) is 5.91 Å². The second-order valence-electron chi connectivity index (χ2n) is 7.16. The van der Waals surface area contributed by atoms with Crippen LogP contribution in [0, 0.1) is 0 Å². The fourth-order valence-electron chi connectivity index (χ4n) is 3.59. The summed E-state index contributed by atoms with van der Waals surface area (Å²) in [6.45, 7) is 6.52. The van der Waals surface area contributed by atoms with Crippen LogP contribution in [0.1, 0.15) is 31.0 Å². The number of ether oxygens (including phenoxy) is 1. The van der Waals surface area contributed by atoms with Crippen LogP contribution >= 0.6 is 0 Å². The maximum absolute atomic E-state index is 13.1. The van der Waals surface area contributed by atoms with Crippen molar-refractivity contribution in [3.8, 4) is 0 Å². The van der Waals surface area contributed by atoms with E-state index in [1.54, 1.807) is 11.8 Å². The van der Waals surface area contributed by atoms with Gasteiger partial charge in [0, 0.05) is 26.2 Å². The van der Waals surface area contributed by atoms with Crippen molar-refractivity contribution in [3.05, 3.63) is 71.8 Å². The lowest BCUT2D eigenvalue weighted by atomic mass is 9.98. The highest BCUT2D eigenvalue weighted by Crippen LogP contribution is 2.22. The summed E-state index contributed by atoms with van der Waals surface area (Å²) in [6, 6.07) is 19.5. The molecule has 1 N–H and O–H groups in total. The van der Waals surface area contributed by atoms with E-state index in [1.165, 1.54) is 0 Å². The van der Waals surface area contributed by atoms with Crippen LogP contribution in [0.4, 0.5) is 4.79 Å². The molecule has 2 aromatic carbocycles. The van der Waals surface area contributed by atoms with Gasteiger partial charge in [-0.1, -0.05) is 60.7 Å². The van der Waals surface area contributed by atoms with E-state index in [9.17, 15) is 9.59 Å². The Bertz CT molecular complexity index is 750. The van der Waals surface area contributed by atoms with Crippen LogP contribution in [0.25, 0.3) is 0 Å². The maximum Gasteiger partial charge on any atom is 0.409 e. The van der Waals surface area contributed by atoms with Crippen LogP contribution in [0.3, 0.4) is 0 Å². The van der Waals surface area contributed by atoms with Crippen LogP contribution in [0.2, 0.25) is 0 Å². The normalized spacial score (nSPS) is 15.8. The first-order valence-corrected chi connectivity index (χ1v) is 10.2. The number of amides is 2. The van der Waals surface area contributed by atoms with Crippen LogP contribution in [-0.4, -0.2) is 60.6 Å². The van der Waals surface area contributed by atoms with E-state index in [-0.39, 0.29) is 24.1 Å². The SMILES string of the molecule is CCOC(=O)N1CCN(C(C)C(=O)NC(c2ccccc2)c2ccccc2)CC1. The molecule has 0 aliphatic carbocycles. The lowest BCUT2D eigenvalue weighted by molar-refractivity contribution is -0.127. The van der Waals surface area contributed by atoms with E-state index in [4.69, 9.17) is 4.74 Å². The average molecular weight is 396 g/mol. The van der Waals surface area contributed by atoms with Gasteiger partial charge in [-0.05, 0) is 25.0 Å². The predicted octanol–water partition coefficient (Wildman–Crippen LogP) is 3.05. The van der Waals surface area contributed by atoms with Gasteiger partial charge in [0.05, 0.1) is 18.7 Å². The summed E-state index contributed by atoms with van der Waals surface area (Å²) in [7, 11) is 0. The third-order valence-electron chi connectivity index (χ3n) is 5.32. The summed E-state index contributed by atoms with van der Waals surface area (Å²) in [5, 5.41) is 3.22. The number of piperazine rings is 1. The van der Waals surface area contributed by atoms with Crippen LogP contribution in [0.5, 0.6) is 0 Å². The van der Waals surface area contributed by atoms with Gasteiger partial charge in [-0.25, -0.2) is 4.79 Å². The highest BCUT2D eigenvalue weighted by Gasteiger charge is 2.29. The summed E-state index contributed by atoms with van der Waals surface area (Å²) in [5.74, 6) is -0.0210. The number of hydrogen-bond donors (Lipinski definition) is 1. The van der Waals surface area contributed by atoms with Gasteiger partial charge in [0.15, 0.2) is 0 Å². The number of nitrogens with zero attached hydrogens (tertiary/aromatic N) is 2. The third-order valence-corrected chi connectivity index (χ3v) is 5.32. The van der Waals surface area contributed by atoms with Gasteiger partial charge in [0.25, 0.3) is 0 Å². The zero-order valence-corrected chi connectivity index (χ0v) is 17.1. The molecule has 1 fully saturated rings. The van der Waals surface area contributed by atoms with Crippen LogP contribution in [0.15, 0.2) is 60.7 Å². The molecule has 0 radical (unpaired) electrons. The first-order valence-electron chi connectivity index (χ1n) is 10.2. The van der Waals surface area contributed by atoms with E-state index >= 15 is 0 Å². The van der Waals surface area contributed by atoms with Crippen molar-refractivity contribution in [2.24, 2.45) is 0 Å². The topological polar surface area (TPSA) is 61.9 Å². The Morgan fingerprint density at radius 1 is 0.931 bits per heavy atom. The smallest absolute Gasteiger partial charge is 0.409 e. The molecule has 0 spiro atoms. The zero-order chi connectivity index (χ0) is 20.6. The summed E-state index contributed by atoms with van der Waals surface area (Å²) >= 11 is 0. The van der Waals surface area contributed by atoms with Gasteiger partial charge in [-0.15, -0.1) is 0 Å². The predicted molar refractivity (Wildman–Crippen MR) is 112 cm³/mol. The van der Waals surface area contributed by atoms with Crippen molar-refractivity contribution in [1.29, 1.82) is 0 Å². The van der Waals surface area contributed by atoms with Gasteiger partial charge in [0.1, 0.15) is 0 Å². The molecule has 154 valence electrons. The molecule has 1 saturated heterocycles. The molecule has 1 aliphatic rings. The highest BCUT2D eigenvalue weighted by atomic mass is 16.6. The lowest BCUT2D eigenvalue weighted by Gasteiger charge is -2.37.